The molecule has 1 N–H and O–H groups in total. The molecule has 0 amide bonds. The molecule has 0 bridgehead atoms. The van der Waals surface area contributed by atoms with Crippen LogP contribution < -0.4 is 5.32 Å². The van der Waals surface area contributed by atoms with Crippen molar-refractivity contribution >= 4 is 11.3 Å². The maximum Gasteiger partial charge on any atom is 0.124 e. The minimum atomic E-state index is 0.576. The van der Waals surface area contributed by atoms with Gasteiger partial charge in [-0.1, -0.05) is 37.1 Å². The van der Waals surface area contributed by atoms with Crippen molar-refractivity contribution in [1.82, 2.24) is 10.3 Å². The monoisotopic (exact) mass is 304 g/mol. The van der Waals surface area contributed by atoms with Crippen LogP contribution in [-0.2, 0) is 17.9 Å². The first-order valence-electron chi connectivity index (χ1n) is 7.50. The Morgan fingerprint density at radius 2 is 2.19 bits per heavy atom. The van der Waals surface area contributed by atoms with E-state index in [0.717, 1.165) is 23.8 Å². The van der Waals surface area contributed by atoms with E-state index in [1.165, 1.54) is 28.8 Å². The summed E-state index contributed by atoms with van der Waals surface area (Å²) < 4.78 is 5.29. The van der Waals surface area contributed by atoms with Crippen molar-refractivity contribution < 1.29 is 4.74 Å². The van der Waals surface area contributed by atoms with E-state index in [0.29, 0.717) is 6.61 Å². The van der Waals surface area contributed by atoms with Crippen molar-refractivity contribution in [2.45, 2.75) is 39.8 Å². The molecule has 0 aliphatic heterocycles. The summed E-state index contributed by atoms with van der Waals surface area (Å²) in [6.45, 7) is 6.83. The van der Waals surface area contributed by atoms with Crippen molar-refractivity contribution in [2.24, 2.45) is 0 Å². The third-order valence-electron chi connectivity index (χ3n) is 3.32. The molecule has 0 saturated heterocycles. The Balaban J connectivity index is 2.16. The van der Waals surface area contributed by atoms with E-state index in [1.54, 1.807) is 18.4 Å². The highest BCUT2D eigenvalue weighted by molar-refractivity contribution is 7.15. The van der Waals surface area contributed by atoms with Crippen LogP contribution >= 0.6 is 11.3 Å². The summed E-state index contributed by atoms with van der Waals surface area (Å²) >= 11 is 1.77. The zero-order chi connectivity index (χ0) is 15.1. The van der Waals surface area contributed by atoms with Crippen molar-refractivity contribution in [3.63, 3.8) is 0 Å². The summed E-state index contributed by atoms with van der Waals surface area (Å²) in [5.74, 6) is 0. The molecule has 1 heterocycles. The predicted molar refractivity (Wildman–Crippen MR) is 89.6 cm³/mol. The smallest absolute Gasteiger partial charge is 0.124 e. The molecule has 0 aliphatic carbocycles. The highest BCUT2D eigenvalue weighted by atomic mass is 32.1. The Morgan fingerprint density at radius 1 is 1.33 bits per heavy atom. The Hall–Kier alpha value is -1.23. The predicted octanol–water partition coefficient (Wildman–Crippen LogP) is 4.15. The van der Waals surface area contributed by atoms with E-state index in [9.17, 15) is 0 Å². The number of rotatable bonds is 8. The number of hydrogen-bond acceptors (Lipinski definition) is 4. The number of nitrogens with one attached hydrogen (secondary N) is 1. The molecule has 0 fully saturated rings. The average Bonchev–Trinajstić information content (AvgIpc) is 2.87. The van der Waals surface area contributed by atoms with Crippen LogP contribution in [0.2, 0.25) is 0 Å². The molecular formula is C17H24N2OS. The summed E-state index contributed by atoms with van der Waals surface area (Å²) in [5.41, 5.74) is 3.51. The molecule has 2 rings (SSSR count). The fourth-order valence-corrected chi connectivity index (χ4v) is 3.21. The van der Waals surface area contributed by atoms with Crippen LogP contribution in [-0.4, -0.2) is 18.6 Å². The number of thiazole rings is 1. The van der Waals surface area contributed by atoms with Gasteiger partial charge in [-0.2, -0.15) is 0 Å². The van der Waals surface area contributed by atoms with Gasteiger partial charge in [0.25, 0.3) is 0 Å². The molecular weight excluding hydrogens is 280 g/mol. The number of aryl methyl sites for hydroxylation is 1. The second-order valence-electron chi connectivity index (χ2n) is 5.22. The molecule has 0 aliphatic rings. The normalized spacial score (nSPS) is 11.0. The number of methoxy groups -OCH3 is 1. The zero-order valence-electron chi connectivity index (χ0n) is 13.1. The summed E-state index contributed by atoms with van der Waals surface area (Å²) in [4.78, 5) is 6.05. The number of nitrogens with zero attached hydrogens (tertiary/aromatic N) is 1. The van der Waals surface area contributed by atoms with Crippen LogP contribution in [0, 0.1) is 6.92 Å². The standard InChI is InChI=1S/C17H24N2OS/c1-4-5-9-18-11-16-15(12-20-3)19-17(21-16)14-8-6-7-13(2)10-14/h6-8,10,18H,4-5,9,11-12H2,1-3H3. The molecule has 0 radical (unpaired) electrons. The highest BCUT2D eigenvalue weighted by Gasteiger charge is 2.12. The third kappa shape index (κ3) is 4.63. The Morgan fingerprint density at radius 3 is 2.90 bits per heavy atom. The van der Waals surface area contributed by atoms with Gasteiger partial charge in [0.1, 0.15) is 5.01 Å². The lowest BCUT2D eigenvalue weighted by atomic mass is 10.1. The molecule has 0 saturated carbocycles. The largest absolute Gasteiger partial charge is 0.378 e. The van der Waals surface area contributed by atoms with Gasteiger partial charge in [0.05, 0.1) is 12.3 Å². The minimum absolute atomic E-state index is 0.576. The van der Waals surface area contributed by atoms with Gasteiger partial charge in [-0.3, -0.25) is 0 Å². The number of unbranched alkanes of at least 4 members (excludes halogenated alkanes) is 1. The lowest BCUT2D eigenvalue weighted by Crippen LogP contribution is -2.14. The van der Waals surface area contributed by atoms with Crippen LogP contribution in [0.25, 0.3) is 10.6 Å². The summed E-state index contributed by atoms with van der Waals surface area (Å²) in [6, 6.07) is 8.50. The van der Waals surface area contributed by atoms with E-state index >= 15 is 0 Å². The zero-order valence-corrected chi connectivity index (χ0v) is 13.9. The van der Waals surface area contributed by atoms with Crippen LogP contribution in [0.4, 0.5) is 0 Å². The van der Waals surface area contributed by atoms with Gasteiger partial charge < -0.3 is 10.1 Å². The lowest BCUT2D eigenvalue weighted by molar-refractivity contribution is 0.181. The Labute approximate surface area is 131 Å². The second kappa shape index (κ2) is 8.27. The Kier molecular flexibility index (Phi) is 6.36. The van der Waals surface area contributed by atoms with Crippen molar-refractivity contribution in [2.75, 3.05) is 13.7 Å². The van der Waals surface area contributed by atoms with Gasteiger partial charge in [-0.05, 0) is 26.0 Å². The van der Waals surface area contributed by atoms with E-state index in [2.05, 4.69) is 43.4 Å². The number of benzene rings is 1. The maximum atomic E-state index is 5.29. The molecule has 0 atom stereocenters. The molecule has 4 heteroatoms. The first kappa shape index (κ1) is 16.1. The van der Waals surface area contributed by atoms with Gasteiger partial charge in [0, 0.05) is 24.1 Å². The quantitative estimate of drug-likeness (QED) is 0.744. The maximum absolute atomic E-state index is 5.29. The number of aromatic nitrogens is 1. The van der Waals surface area contributed by atoms with Gasteiger partial charge in [0.15, 0.2) is 0 Å². The fourth-order valence-electron chi connectivity index (χ4n) is 2.18. The van der Waals surface area contributed by atoms with Gasteiger partial charge in [-0.15, -0.1) is 11.3 Å². The van der Waals surface area contributed by atoms with Crippen LogP contribution in [0.1, 0.15) is 35.9 Å². The number of hydrogen-bond donors (Lipinski definition) is 1. The molecule has 0 spiro atoms. The molecule has 3 nitrogen and oxygen atoms in total. The lowest BCUT2D eigenvalue weighted by Gasteiger charge is -2.03. The van der Waals surface area contributed by atoms with Gasteiger partial charge >= 0.3 is 0 Å². The topological polar surface area (TPSA) is 34.2 Å². The SMILES string of the molecule is CCCCNCc1sc(-c2cccc(C)c2)nc1COC. The van der Waals surface area contributed by atoms with Crippen molar-refractivity contribution in [1.29, 1.82) is 0 Å². The van der Waals surface area contributed by atoms with Crippen molar-refractivity contribution in [3.05, 3.63) is 40.4 Å². The van der Waals surface area contributed by atoms with Crippen LogP contribution in [0.3, 0.4) is 0 Å². The molecule has 1 aromatic heterocycles. The molecule has 114 valence electrons. The first-order chi connectivity index (χ1) is 10.2. The van der Waals surface area contributed by atoms with E-state index in [1.807, 2.05) is 0 Å². The van der Waals surface area contributed by atoms with E-state index < -0.39 is 0 Å². The van der Waals surface area contributed by atoms with Gasteiger partial charge in [0.2, 0.25) is 0 Å². The van der Waals surface area contributed by atoms with Crippen LogP contribution in [0.15, 0.2) is 24.3 Å². The molecule has 21 heavy (non-hydrogen) atoms. The van der Waals surface area contributed by atoms with E-state index in [-0.39, 0.29) is 0 Å². The third-order valence-corrected chi connectivity index (χ3v) is 4.46. The number of ether oxygens (including phenoxy) is 1. The summed E-state index contributed by atoms with van der Waals surface area (Å²) in [7, 11) is 1.72. The van der Waals surface area contributed by atoms with Crippen molar-refractivity contribution in [3.8, 4) is 10.6 Å². The highest BCUT2D eigenvalue weighted by Crippen LogP contribution is 2.29. The molecule has 0 unspecified atom stereocenters. The second-order valence-corrected chi connectivity index (χ2v) is 6.31. The summed E-state index contributed by atoms with van der Waals surface area (Å²) in [5, 5.41) is 4.57. The minimum Gasteiger partial charge on any atom is -0.378 e. The Bertz CT molecular complexity index is 566. The first-order valence-corrected chi connectivity index (χ1v) is 8.31. The molecule has 1 aromatic carbocycles. The van der Waals surface area contributed by atoms with Gasteiger partial charge in [-0.25, -0.2) is 4.98 Å². The van der Waals surface area contributed by atoms with Crippen LogP contribution in [0.5, 0.6) is 0 Å². The van der Waals surface area contributed by atoms with E-state index in [4.69, 9.17) is 9.72 Å². The molecule has 2 aromatic rings. The average molecular weight is 304 g/mol. The fraction of sp³-hybridized carbons (Fsp3) is 0.471. The summed E-state index contributed by atoms with van der Waals surface area (Å²) in [6.07, 6.45) is 2.43.